The highest BCUT2D eigenvalue weighted by Crippen LogP contribution is 2.35. The van der Waals surface area contributed by atoms with Crippen LogP contribution in [0.3, 0.4) is 0 Å². The van der Waals surface area contributed by atoms with E-state index in [0.29, 0.717) is 0 Å². The third-order valence-corrected chi connectivity index (χ3v) is 3.45. The average molecular weight is 164 g/mol. The molecule has 1 aliphatic rings. The number of fused-ring (bicyclic) bond motifs is 1. The molecule has 1 aromatic heterocycles. The van der Waals surface area contributed by atoms with Gasteiger partial charge in [0.05, 0.1) is 0 Å². The molecule has 1 aromatic rings. The molecule has 1 heteroatoms. The zero-order chi connectivity index (χ0) is 7.84. The monoisotopic (exact) mass is 164 g/mol. The first-order chi connectivity index (χ1) is 5.27. The maximum atomic E-state index is 2.30. The van der Waals surface area contributed by atoms with Crippen LogP contribution >= 0.6 is 11.3 Å². The number of thiophene rings is 1. The normalized spacial score (nSPS) is 21.8. The van der Waals surface area contributed by atoms with Crippen molar-refractivity contribution in [3.63, 3.8) is 0 Å². The highest BCUT2D eigenvalue weighted by atomic mass is 32.1. The van der Waals surface area contributed by atoms with Gasteiger partial charge in [-0.3, -0.25) is 0 Å². The summed E-state index contributed by atoms with van der Waals surface area (Å²) in [6, 6.07) is 2.28. The lowest BCUT2D eigenvalue weighted by molar-refractivity contribution is 0.790. The molecular weight excluding hydrogens is 152 g/mol. The molecule has 0 saturated heterocycles. The predicted molar refractivity (Wildman–Crippen MR) is 51.1 cm³/mol. The minimum Gasteiger partial charge on any atom is -0.145 e. The van der Waals surface area contributed by atoms with E-state index in [2.05, 4.69) is 32.1 Å². The van der Waals surface area contributed by atoms with Gasteiger partial charge in [-0.25, -0.2) is 0 Å². The summed E-state index contributed by atoms with van der Waals surface area (Å²) in [7, 11) is 0. The fraction of sp³-hybridized carbons (Fsp3) is 0.400. The van der Waals surface area contributed by atoms with E-state index < -0.39 is 0 Å². The van der Waals surface area contributed by atoms with Crippen LogP contribution in [-0.2, 0) is 0 Å². The number of hydrogen-bond donors (Lipinski definition) is 0. The van der Waals surface area contributed by atoms with E-state index >= 15 is 0 Å². The van der Waals surface area contributed by atoms with Crippen molar-refractivity contribution >= 4 is 17.4 Å². The molecule has 1 heterocycles. The van der Waals surface area contributed by atoms with Crippen molar-refractivity contribution in [1.29, 1.82) is 0 Å². The summed E-state index contributed by atoms with van der Waals surface area (Å²) in [6.07, 6.45) is 5.74. The topological polar surface area (TPSA) is 0 Å². The Hall–Kier alpha value is -0.560. The second-order valence-electron chi connectivity index (χ2n) is 3.22. The van der Waals surface area contributed by atoms with Crippen LogP contribution in [-0.4, -0.2) is 0 Å². The maximum absolute atomic E-state index is 2.30. The van der Waals surface area contributed by atoms with Gasteiger partial charge in [0.2, 0.25) is 0 Å². The second kappa shape index (κ2) is 2.49. The predicted octanol–water partition coefficient (Wildman–Crippen LogP) is 3.58. The fourth-order valence-electron chi connectivity index (χ4n) is 1.57. The molecule has 2 rings (SSSR count). The molecular formula is C10H12S. The summed E-state index contributed by atoms with van der Waals surface area (Å²) in [5.74, 6) is 0.744. The first kappa shape index (κ1) is 7.11. The van der Waals surface area contributed by atoms with Crippen molar-refractivity contribution in [2.75, 3.05) is 0 Å². The largest absolute Gasteiger partial charge is 0.145 e. The van der Waals surface area contributed by atoms with Gasteiger partial charge in [-0.05, 0) is 30.9 Å². The average Bonchev–Trinajstić information content (AvgIpc) is 2.31. The third kappa shape index (κ3) is 1.14. The van der Waals surface area contributed by atoms with Gasteiger partial charge in [0.1, 0.15) is 0 Å². The standard InChI is InChI=1S/C10H12S/c1-7-4-3-5-9-6-8(2)11-10(7)9/h3,5-7H,4H2,1-2H3. The first-order valence-electron chi connectivity index (χ1n) is 4.04. The van der Waals surface area contributed by atoms with E-state index in [-0.39, 0.29) is 0 Å². The van der Waals surface area contributed by atoms with Crippen LogP contribution in [0, 0.1) is 6.92 Å². The smallest absolute Gasteiger partial charge is 0.0152 e. The summed E-state index contributed by atoms with van der Waals surface area (Å²) in [5, 5.41) is 0. The fourth-order valence-corrected chi connectivity index (χ4v) is 2.65. The second-order valence-corrected chi connectivity index (χ2v) is 4.50. The Morgan fingerprint density at radius 1 is 1.55 bits per heavy atom. The lowest BCUT2D eigenvalue weighted by atomic mass is 9.97. The molecule has 0 fully saturated rings. The van der Waals surface area contributed by atoms with E-state index in [4.69, 9.17) is 0 Å². The molecule has 0 aliphatic heterocycles. The van der Waals surface area contributed by atoms with Crippen molar-refractivity contribution in [2.45, 2.75) is 26.2 Å². The van der Waals surface area contributed by atoms with Gasteiger partial charge < -0.3 is 0 Å². The molecule has 0 spiro atoms. The number of allylic oxidation sites excluding steroid dienone is 1. The van der Waals surface area contributed by atoms with E-state index in [1.807, 2.05) is 11.3 Å². The Labute approximate surface area is 71.6 Å². The minimum atomic E-state index is 0.744. The van der Waals surface area contributed by atoms with Crippen LogP contribution < -0.4 is 0 Å². The highest BCUT2D eigenvalue weighted by Gasteiger charge is 2.14. The molecule has 0 amide bonds. The van der Waals surface area contributed by atoms with Gasteiger partial charge in [0, 0.05) is 9.75 Å². The quantitative estimate of drug-likeness (QED) is 0.550. The summed E-state index contributed by atoms with van der Waals surface area (Å²) >= 11 is 1.95. The summed E-state index contributed by atoms with van der Waals surface area (Å²) in [6.45, 7) is 4.49. The number of rotatable bonds is 0. The molecule has 0 saturated carbocycles. The summed E-state index contributed by atoms with van der Waals surface area (Å²) in [4.78, 5) is 3.01. The Morgan fingerprint density at radius 2 is 2.36 bits per heavy atom. The zero-order valence-electron chi connectivity index (χ0n) is 6.92. The van der Waals surface area contributed by atoms with Crippen LogP contribution in [0.2, 0.25) is 0 Å². The lowest BCUT2D eigenvalue weighted by Crippen LogP contribution is -1.93. The molecule has 0 bridgehead atoms. The summed E-state index contributed by atoms with van der Waals surface area (Å²) in [5.41, 5.74) is 1.45. The first-order valence-corrected chi connectivity index (χ1v) is 4.86. The highest BCUT2D eigenvalue weighted by molar-refractivity contribution is 7.12. The molecule has 0 nitrogen and oxygen atoms in total. The van der Waals surface area contributed by atoms with Crippen molar-refractivity contribution in [1.82, 2.24) is 0 Å². The Balaban J connectivity index is 2.53. The van der Waals surface area contributed by atoms with Gasteiger partial charge in [-0.15, -0.1) is 11.3 Å². The van der Waals surface area contributed by atoms with E-state index in [0.717, 1.165) is 5.92 Å². The summed E-state index contributed by atoms with van der Waals surface area (Å²) < 4.78 is 0. The van der Waals surface area contributed by atoms with E-state index in [1.54, 1.807) is 4.88 Å². The maximum Gasteiger partial charge on any atom is 0.0152 e. The molecule has 0 aromatic carbocycles. The van der Waals surface area contributed by atoms with Crippen LogP contribution in [0.5, 0.6) is 0 Å². The molecule has 11 heavy (non-hydrogen) atoms. The molecule has 1 aliphatic carbocycles. The zero-order valence-corrected chi connectivity index (χ0v) is 7.74. The van der Waals surface area contributed by atoms with Gasteiger partial charge in [0.15, 0.2) is 0 Å². The molecule has 58 valence electrons. The van der Waals surface area contributed by atoms with Crippen molar-refractivity contribution in [2.24, 2.45) is 0 Å². The van der Waals surface area contributed by atoms with Gasteiger partial charge in [0.25, 0.3) is 0 Å². The van der Waals surface area contributed by atoms with Crippen LogP contribution in [0.1, 0.15) is 34.6 Å². The Kier molecular flexibility index (Phi) is 1.61. The molecule has 0 N–H and O–H groups in total. The minimum absolute atomic E-state index is 0.744. The Bertz CT molecular complexity index is 294. The third-order valence-electron chi connectivity index (χ3n) is 2.15. The van der Waals surface area contributed by atoms with E-state index in [1.165, 1.54) is 16.9 Å². The van der Waals surface area contributed by atoms with Gasteiger partial charge in [-0.1, -0.05) is 19.1 Å². The molecule has 0 radical (unpaired) electrons. The lowest BCUT2D eigenvalue weighted by Gasteiger charge is -2.11. The molecule has 1 atom stereocenters. The number of hydrogen-bond acceptors (Lipinski definition) is 1. The van der Waals surface area contributed by atoms with E-state index in [9.17, 15) is 0 Å². The number of aryl methyl sites for hydroxylation is 1. The van der Waals surface area contributed by atoms with Crippen LogP contribution in [0.4, 0.5) is 0 Å². The van der Waals surface area contributed by atoms with Crippen molar-refractivity contribution < 1.29 is 0 Å². The van der Waals surface area contributed by atoms with Crippen LogP contribution in [0.15, 0.2) is 12.1 Å². The van der Waals surface area contributed by atoms with Crippen molar-refractivity contribution in [3.05, 3.63) is 27.5 Å². The van der Waals surface area contributed by atoms with Crippen molar-refractivity contribution in [3.8, 4) is 0 Å². The van der Waals surface area contributed by atoms with Gasteiger partial charge in [-0.2, -0.15) is 0 Å². The SMILES string of the molecule is Cc1cc2c(s1)C(C)CC=C2. The van der Waals surface area contributed by atoms with Gasteiger partial charge >= 0.3 is 0 Å². The Morgan fingerprint density at radius 3 is 3.09 bits per heavy atom. The van der Waals surface area contributed by atoms with Crippen LogP contribution in [0.25, 0.3) is 6.08 Å². The molecule has 1 unspecified atom stereocenters.